The lowest BCUT2D eigenvalue weighted by Crippen LogP contribution is -2.51. The molecule has 0 spiro atoms. The molecule has 0 aromatic heterocycles. The number of nitrogens with two attached hydrogens (primary N) is 1. The first-order valence-electron chi connectivity index (χ1n) is 6.87. The second-order valence-electron chi connectivity index (χ2n) is 5.47. The van der Waals surface area contributed by atoms with Crippen LogP contribution in [-0.4, -0.2) is 31.4 Å². The molecule has 1 aliphatic heterocycles. The highest BCUT2D eigenvalue weighted by atomic mass is 35.5. The van der Waals surface area contributed by atoms with E-state index in [0.29, 0.717) is 6.54 Å². The van der Waals surface area contributed by atoms with Crippen molar-refractivity contribution in [3.05, 3.63) is 28.8 Å². The average molecular weight is 353 g/mol. The maximum atomic E-state index is 12.8. The molecular weight excluding hydrogens is 331 g/mol. The van der Waals surface area contributed by atoms with Crippen LogP contribution in [0, 0.1) is 6.92 Å². The molecule has 1 aliphatic rings. The van der Waals surface area contributed by atoms with E-state index in [1.165, 1.54) is 4.31 Å². The Morgan fingerprint density at radius 1 is 1.38 bits per heavy atom. The van der Waals surface area contributed by atoms with E-state index in [-0.39, 0.29) is 34.4 Å². The van der Waals surface area contributed by atoms with Crippen molar-refractivity contribution in [3.8, 4) is 0 Å². The van der Waals surface area contributed by atoms with Crippen LogP contribution < -0.4 is 5.73 Å². The highest BCUT2D eigenvalue weighted by Gasteiger charge is 2.36. The van der Waals surface area contributed by atoms with Gasteiger partial charge in [0.2, 0.25) is 10.0 Å². The van der Waals surface area contributed by atoms with Crippen molar-refractivity contribution < 1.29 is 8.42 Å². The van der Waals surface area contributed by atoms with Crippen molar-refractivity contribution in [1.29, 1.82) is 0 Å². The van der Waals surface area contributed by atoms with Crippen LogP contribution in [0.4, 0.5) is 0 Å². The van der Waals surface area contributed by atoms with E-state index in [0.717, 1.165) is 24.8 Å². The van der Waals surface area contributed by atoms with Crippen molar-refractivity contribution in [1.82, 2.24) is 4.31 Å². The minimum atomic E-state index is -3.58. The van der Waals surface area contributed by atoms with Crippen LogP contribution in [0.1, 0.15) is 31.7 Å². The van der Waals surface area contributed by atoms with Crippen LogP contribution in [-0.2, 0) is 10.0 Å². The van der Waals surface area contributed by atoms with Gasteiger partial charge >= 0.3 is 0 Å². The summed E-state index contributed by atoms with van der Waals surface area (Å²) in [5.41, 5.74) is 6.90. The topological polar surface area (TPSA) is 63.4 Å². The maximum Gasteiger partial charge on any atom is 0.244 e. The lowest BCUT2D eigenvalue weighted by atomic mass is 10.00. The van der Waals surface area contributed by atoms with Crippen LogP contribution in [0.15, 0.2) is 23.1 Å². The predicted octanol–water partition coefficient (Wildman–Crippen LogP) is 2.96. The predicted molar refractivity (Wildman–Crippen MR) is 88.6 cm³/mol. The summed E-state index contributed by atoms with van der Waals surface area (Å²) in [6.45, 7) is 4.25. The Balaban J connectivity index is 0.00000220. The molecular formula is C14H22Cl2N2O2S. The Morgan fingerprint density at radius 3 is 2.62 bits per heavy atom. The first kappa shape index (κ1) is 18.7. The molecule has 1 aromatic carbocycles. The molecule has 0 amide bonds. The molecule has 0 saturated carbocycles. The molecule has 2 rings (SSSR count). The second-order valence-corrected chi connectivity index (χ2v) is 7.74. The molecule has 1 heterocycles. The minimum absolute atomic E-state index is 0. The number of nitrogens with zero attached hydrogens (tertiary/aromatic N) is 1. The molecule has 0 bridgehead atoms. The highest BCUT2D eigenvalue weighted by molar-refractivity contribution is 7.89. The van der Waals surface area contributed by atoms with Gasteiger partial charge in [-0.25, -0.2) is 8.42 Å². The fourth-order valence-corrected chi connectivity index (χ4v) is 5.04. The van der Waals surface area contributed by atoms with Crippen LogP contribution in [0.5, 0.6) is 0 Å². The van der Waals surface area contributed by atoms with Crippen LogP contribution in [0.2, 0.25) is 5.02 Å². The van der Waals surface area contributed by atoms with Gasteiger partial charge in [0.15, 0.2) is 0 Å². The molecule has 0 aliphatic carbocycles. The summed E-state index contributed by atoms with van der Waals surface area (Å²) < 4.78 is 27.2. The Morgan fingerprint density at radius 2 is 2.05 bits per heavy atom. The number of hydrogen-bond acceptors (Lipinski definition) is 3. The van der Waals surface area contributed by atoms with Crippen LogP contribution in [0.3, 0.4) is 0 Å². The quantitative estimate of drug-likeness (QED) is 0.909. The number of rotatable bonds is 3. The van der Waals surface area contributed by atoms with Crippen LogP contribution >= 0.6 is 24.0 Å². The highest BCUT2D eigenvalue weighted by Crippen LogP contribution is 2.30. The van der Waals surface area contributed by atoms with Gasteiger partial charge in [-0.1, -0.05) is 24.1 Å². The van der Waals surface area contributed by atoms with Gasteiger partial charge < -0.3 is 5.73 Å². The fraction of sp³-hybridized carbons (Fsp3) is 0.571. The lowest BCUT2D eigenvalue weighted by Gasteiger charge is -2.37. The van der Waals surface area contributed by atoms with E-state index in [9.17, 15) is 8.42 Å². The summed E-state index contributed by atoms with van der Waals surface area (Å²) in [6, 6.07) is 4.70. The van der Waals surface area contributed by atoms with Crippen molar-refractivity contribution in [3.63, 3.8) is 0 Å². The molecule has 2 N–H and O–H groups in total. The fourth-order valence-electron chi connectivity index (χ4n) is 2.70. The number of halogens is 2. The van der Waals surface area contributed by atoms with E-state index >= 15 is 0 Å². The Labute approximate surface area is 138 Å². The standard InChI is InChI=1S/C14H21ClN2O2S.ClH/c1-10-6-7-14(12(15)9-10)20(18,19)17-8-4-3-5-13(17)11(2)16;/h6-7,9,11,13H,3-5,8,16H2,1-2H3;1H. The smallest absolute Gasteiger partial charge is 0.244 e. The van der Waals surface area contributed by atoms with Gasteiger partial charge in [-0.15, -0.1) is 12.4 Å². The van der Waals surface area contributed by atoms with Crippen molar-refractivity contribution >= 4 is 34.0 Å². The largest absolute Gasteiger partial charge is 0.326 e. The maximum absolute atomic E-state index is 12.8. The summed E-state index contributed by atoms with van der Waals surface area (Å²) >= 11 is 6.12. The lowest BCUT2D eigenvalue weighted by molar-refractivity contribution is 0.227. The molecule has 4 nitrogen and oxygen atoms in total. The average Bonchev–Trinajstić information content (AvgIpc) is 2.38. The summed E-state index contributed by atoms with van der Waals surface area (Å²) in [5, 5.41) is 0.277. The van der Waals surface area contributed by atoms with Gasteiger partial charge in [0.05, 0.1) is 5.02 Å². The number of aryl methyl sites for hydroxylation is 1. The molecule has 0 radical (unpaired) electrons. The number of sulfonamides is 1. The number of benzene rings is 1. The van der Waals surface area contributed by atoms with Gasteiger partial charge in [0, 0.05) is 18.6 Å². The minimum Gasteiger partial charge on any atom is -0.326 e. The van der Waals surface area contributed by atoms with E-state index in [4.69, 9.17) is 17.3 Å². The van der Waals surface area contributed by atoms with Gasteiger partial charge in [-0.3, -0.25) is 0 Å². The number of hydrogen-bond donors (Lipinski definition) is 1. The number of piperidine rings is 1. The first-order valence-corrected chi connectivity index (χ1v) is 8.69. The third-order valence-electron chi connectivity index (χ3n) is 3.78. The van der Waals surface area contributed by atoms with Gasteiger partial charge in [-0.05, 0) is 44.4 Å². The SMILES string of the molecule is Cc1ccc(S(=O)(=O)N2CCCCC2C(C)N)c(Cl)c1.Cl. The summed E-state index contributed by atoms with van der Waals surface area (Å²) in [6.07, 6.45) is 2.69. The molecule has 1 aromatic rings. The zero-order valence-electron chi connectivity index (χ0n) is 12.3. The van der Waals surface area contributed by atoms with Gasteiger partial charge in [0.25, 0.3) is 0 Å². The Hall–Kier alpha value is -0.330. The zero-order chi connectivity index (χ0) is 14.9. The molecule has 7 heteroatoms. The van der Waals surface area contributed by atoms with Gasteiger partial charge in [0.1, 0.15) is 4.90 Å². The second kappa shape index (κ2) is 7.29. The van der Waals surface area contributed by atoms with Crippen LogP contribution in [0.25, 0.3) is 0 Å². The first-order chi connectivity index (χ1) is 9.34. The van der Waals surface area contributed by atoms with Gasteiger partial charge in [-0.2, -0.15) is 4.31 Å². The van der Waals surface area contributed by atoms with E-state index in [1.54, 1.807) is 18.2 Å². The molecule has 120 valence electrons. The van der Waals surface area contributed by atoms with Crippen molar-refractivity contribution in [2.45, 2.75) is 50.1 Å². The normalized spacial score (nSPS) is 21.6. The van der Waals surface area contributed by atoms with Crippen molar-refractivity contribution in [2.24, 2.45) is 5.73 Å². The Bertz CT molecular complexity index is 591. The molecule has 21 heavy (non-hydrogen) atoms. The Kier molecular flexibility index (Phi) is 6.50. The summed E-state index contributed by atoms with van der Waals surface area (Å²) in [7, 11) is -3.58. The summed E-state index contributed by atoms with van der Waals surface area (Å²) in [4.78, 5) is 0.178. The molecule has 2 unspecified atom stereocenters. The zero-order valence-corrected chi connectivity index (χ0v) is 14.6. The van der Waals surface area contributed by atoms with E-state index in [1.807, 2.05) is 13.8 Å². The molecule has 1 saturated heterocycles. The monoisotopic (exact) mass is 352 g/mol. The van der Waals surface area contributed by atoms with E-state index in [2.05, 4.69) is 0 Å². The molecule has 1 fully saturated rings. The van der Waals surface area contributed by atoms with Crippen molar-refractivity contribution in [2.75, 3.05) is 6.54 Å². The molecule has 2 atom stereocenters. The third kappa shape index (κ3) is 3.90. The van der Waals surface area contributed by atoms with E-state index < -0.39 is 10.0 Å². The third-order valence-corrected chi connectivity index (χ3v) is 6.19. The summed E-state index contributed by atoms with van der Waals surface area (Å²) in [5.74, 6) is 0.